The minimum Gasteiger partial charge on any atom is -0.461 e. The Morgan fingerprint density at radius 2 is 1.61 bits per heavy atom. The number of amides is 1. The van der Waals surface area contributed by atoms with Crippen LogP contribution in [0, 0.1) is 20.8 Å². The summed E-state index contributed by atoms with van der Waals surface area (Å²) in [7, 11) is -3.79. The molecule has 2 N–H and O–H groups in total. The van der Waals surface area contributed by atoms with Crippen LogP contribution in [0.4, 0.5) is 11.4 Å². The van der Waals surface area contributed by atoms with Crippen LogP contribution in [0.5, 0.6) is 0 Å². The third-order valence-corrected chi connectivity index (χ3v) is 6.54. The van der Waals surface area contributed by atoms with Crippen LogP contribution in [-0.4, -0.2) is 14.3 Å². The number of benzene rings is 3. The first-order chi connectivity index (χ1) is 14.7. The number of aryl methyl sites for hydroxylation is 3. The van der Waals surface area contributed by atoms with Crippen molar-refractivity contribution in [1.29, 1.82) is 0 Å². The number of fused-ring (bicyclic) bond motifs is 1. The van der Waals surface area contributed by atoms with Gasteiger partial charge in [-0.2, -0.15) is 0 Å². The Morgan fingerprint density at radius 1 is 0.871 bits per heavy atom. The van der Waals surface area contributed by atoms with E-state index in [0.717, 1.165) is 5.56 Å². The van der Waals surface area contributed by atoms with Gasteiger partial charge in [0.05, 0.1) is 10.5 Å². The number of rotatable bonds is 5. The van der Waals surface area contributed by atoms with Crippen molar-refractivity contribution in [2.45, 2.75) is 25.7 Å². The normalized spacial score (nSPS) is 11.5. The summed E-state index contributed by atoms with van der Waals surface area (Å²) in [6.07, 6.45) is 0. The zero-order valence-electron chi connectivity index (χ0n) is 17.4. The van der Waals surface area contributed by atoms with Crippen LogP contribution in [0.1, 0.15) is 27.2 Å². The molecule has 0 bridgehead atoms. The second kappa shape index (κ2) is 7.92. The van der Waals surface area contributed by atoms with Crippen molar-refractivity contribution in [2.24, 2.45) is 0 Å². The molecule has 3 aromatic carbocycles. The van der Waals surface area contributed by atoms with E-state index in [1.165, 1.54) is 0 Å². The van der Waals surface area contributed by atoms with Crippen LogP contribution in [-0.2, 0) is 10.0 Å². The van der Waals surface area contributed by atoms with Crippen LogP contribution >= 0.6 is 0 Å². The molecule has 0 saturated heterocycles. The van der Waals surface area contributed by atoms with E-state index in [1.54, 1.807) is 56.3 Å². The molecule has 31 heavy (non-hydrogen) atoms. The number of carbonyl (C=O) groups excluding carboxylic acids is 1. The molecule has 4 aromatic rings. The predicted molar refractivity (Wildman–Crippen MR) is 122 cm³/mol. The third-order valence-electron chi connectivity index (χ3n) is 4.99. The average Bonchev–Trinajstić information content (AvgIpc) is 3.03. The Morgan fingerprint density at radius 3 is 2.32 bits per heavy atom. The molecule has 0 saturated carbocycles. The smallest absolute Gasteiger partial charge is 0.262 e. The fraction of sp³-hybridized carbons (Fsp3) is 0.125. The van der Waals surface area contributed by atoms with Gasteiger partial charge < -0.3 is 9.73 Å². The summed E-state index contributed by atoms with van der Waals surface area (Å²) in [5.74, 6) is 0.134. The maximum Gasteiger partial charge on any atom is 0.262 e. The molecular formula is C24H22N2O4S. The second-order valence-electron chi connectivity index (χ2n) is 7.44. The number of para-hydroxylation sites is 1. The molecule has 0 unspecified atom stereocenters. The largest absolute Gasteiger partial charge is 0.461 e. The van der Waals surface area contributed by atoms with E-state index < -0.39 is 10.0 Å². The van der Waals surface area contributed by atoms with Crippen molar-refractivity contribution >= 4 is 38.3 Å². The lowest BCUT2D eigenvalue weighted by Crippen LogP contribution is -2.14. The molecule has 1 heterocycles. The summed E-state index contributed by atoms with van der Waals surface area (Å²) in [6, 6.07) is 19.2. The Labute approximate surface area is 181 Å². The highest BCUT2D eigenvalue weighted by molar-refractivity contribution is 7.92. The highest BCUT2D eigenvalue weighted by Crippen LogP contribution is 2.30. The van der Waals surface area contributed by atoms with Crippen LogP contribution in [0.15, 0.2) is 76.0 Å². The molecule has 0 spiro atoms. The van der Waals surface area contributed by atoms with Gasteiger partial charge in [-0.3, -0.25) is 9.52 Å². The molecule has 0 aliphatic rings. The fourth-order valence-corrected chi connectivity index (χ4v) is 4.87. The lowest BCUT2D eigenvalue weighted by molar-refractivity contribution is 0.102. The number of carbonyl (C=O) groups is 1. The maximum absolute atomic E-state index is 12.9. The molecule has 4 rings (SSSR count). The predicted octanol–water partition coefficient (Wildman–Crippen LogP) is 5.41. The molecule has 0 aliphatic heterocycles. The summed E-state index contributed by atoms with van der Waals surface area (Å²) >= 11 is 0. The lowest BCUT2D eigenvalue weighted by atomic mass is 10.1. The molecular weight excluding hydrogens is 412 g/mol. The summed E-state index contributed by atoms with van der Waals surface area (Å²) in [4.78, 5) is 13.1. The minimum absolute atomic E-state index is 0.212. The standard InChI is InChI=1S/C24H22N2O4S/c1-15-9-12-22(16(2)13-15)31(28,29)26-19-10-11-21-20(14-19)23(17(3)30-21)24(27)25-18-7-5-4-6-8-18/h4-14,26H,1-3H3,(H,25,27). The molecule has 0 atom stereocenters. The fourth-order valence-electron chi connectivity index (χ4n) is 3.59. The third kappa shape index (κ3) is 4.18. The molecule has 1 aromatic heterocycles. The van der Waals surface area contributed by atoms with Gasteiger partial charge in [0.15, 0.2) is 0 Å². The van der Waals surface area contributed by atoms with Crippen molar-refractivity contribution in [3.05, 3.63) is 89.2 Å². The van der Waals surface area contributed by atoms with E-state index in [2.05, 4.69) is 10.0 Å². The molecule has 0 aliphatic carbocycles. The van der Waals surface area contributed by atoms with Gasteiger partial charge in [0.25, 0.3) is 15.9 Å². The van der Waals surface area contributed by atoms with Gasteiger partial charge in [0.1, 0.15) is 11.3 Å². The van der Waals surface area contributed by atoms with E-state index in [9.17, 15) is 13.2 Å². The van der Waals surface area contributed by atoms with Gasteiger partial charge in [-0.15, -0.1) is 0 Å². The summed E-state index contributed by atoms with van der Waals surface area (Å²) in [5.41, 5.74) is 3.53. The number of anilines is 2. The number of sulfonamides is 1. The molecule has 1 amide bonds. The van der Waals surface area contributed by atoms with E-state index >= 15 is 0 Å². The Kier molecular flexibility index (Phi) is 5.29. The van der Waals surface area contributed by atoms with Crippen molar-refractivity contribution in [3.8, 4) is 0 Å². The van der Waals surface area contributed by atoms with E-state index in [4.69, 9.17) is 4.42 Å². The van der Waals surface area contributed by atoms with Crippen molar-refractivity contribution in [2.75, 3.05) is 10.0 Å². The molecule has 7 heteroatoms. The van der Waals surface area contributed by atoms with Gasteiger partial charge in [-0.25, -0.2) is 8.42 Å². The van der Waals surface area contributed by atoms with Crippen molar-refractivity contribution in [1.82, 2.24) is 0 Å². The van der Waals surface area contributed by atoms with Crippen molar-refractivity contribution < 1.29 is 17.6 Å². The first-order valence-electron chi connectivity index (χ1n) is 9.74. The van der Waals surface area contributed by atoms with Gasteiger partial charge in [-0.1, -0.05) is 35.9 Å². The zero-order chi connectivity index (χ0) is 22.2. The topological polar surface area (TPSA) is 88.4 Å². The second-order valence-corrected chi connectivity index (χ2v) is 9.09. The Balaban J connectivity index is 1.69. The maximum atomic E-state index is 12.9. The zero-order valence-corrected chi connectivity index (χ0v) is 18.2. The highest BCUT2D eigenvalue weighted by atomic mass is 32.2. The quantitative estimate of drug-likeness (QED) is 0.439. The monoisotopic (exact) mass is 434 g/mol. The number of furan rings is 1. The van der Waals surface area contributed by atoms with Crippen LogP contribution in [0.2, 0.25) is 0 Å². The summed E-state index contributed by atoms with van der Waals surface area (Å²) < 4.78 is 34.2. The van der Waals surface area contributed by atoms with Crippen LogP contribution < -0.4 is 10.0 Å². The van der Waals surface area contributed by atoms with E-state index in [0.29, 0.717) is 39.2 Å². The van der Waals surface area contributed by atoms with Gasteiger partial charge >= 0.3 is 0 Å². The Bertz CT molecular complexity index is 1390. The summed E-state index contributed by atoms with van der Waals surface area (Å²) in [6.45, 7) is 5.38. The number of hydrogen-bond donors (Lipinski definition) is 2. The SMILES string of the molecule is Cc1ccc(S(=O)(=O)Nc2ccc3oc(C)c(C(=O)Nc4ccccc4)c3c2)c(C)c1. The average molecular weight is 435 g/mol. The molecule has 0 fully saturated rings. The summed E-state index contributed by atoms with van der Waals surface area (Å²) in [5, 5.41) is 3.38. The van der Waals surface area contributed by atoms with E-state index in [1.807, 2.05) is 31.2 Å². The number of nitrogens with one attached hydrogen (secondary N) is 2. The van der Waals surface area contributed by atoms with Gasteiger partial charge in [0.2, 0.25) is 0 Å². The molecule has 6 nitrogen and oxygen atoms in total. The van der Waals surface area contributed by atoms with E-state index in [-0.39, 0.29) is 10.8 Å². The van der Waals surface area contributed by atoms with Crippen LogP contribution in [0.3, 0.4) is 0 Å². The van der Waals surface area contributed by atoms with Crippen LogP contribution in [0.25, 0.3) is 11.0 Å². The molecule has 0 radical (unpaired) electrons. The Hall–Kier alpha value is -3.58. The lowest BCUT2D eigenvalue weighted by Gasteiger charge is -2.11. The van der Waals surface area contributed by atoms with Crippen molar-refractivity contribution in [3.63, 3.8) is 0 Å². The molecule has 158 valence electrons. The van der Waals surface area contributed by atoms with Gasteiger partial charge in [-0.05, 0) is 62.7 Å². The first kappa shape index (κ1) is 20.7. The van der Waals surface area contributed by atoms with Gasteiger partial charge in [0, 0.05) is 16.8 Å². The number of hydrogen-bond acceptors (Lipinski definition) is 4. The highest BCUT2D eigenvalue weighted by Gasteiger charge is 2.21. The minimum atomic E-state index is -3.79. The first-order valence-corrected chi connectivity index (χ1v) is 11.2.